The minimum atomic E-state index is -0.281. The summed E-state index contributed by atoms with van der Waals surface area (Å²) in [5.41, 5.74) is 3.24. The number of hydrogen-bond donors (Lipinski definition) is 0. The van der Waals surface area contributed by atoms with Gasteiger partial charge in [-0.25, -0.2) is 0 Å². The molecule has 0 atom stereocenters. The summed E-state index contributed by atoms with van der Waals surface area (Å²) in [5.74, 6) is 0. The van der Waals surface area contributed by atoms with Gasteiger partial charge in [0.2, 0.25) is 0 Å². The molecule has 2 heterocycles. The first-order valence-electron chi connectivity index (χ1n) is 8.51. The van der Waals surface area contributed by atoms with Crippen molar-refractivity contribution < 1.29 is 9.31 Å². The van der Waals surface area contributed by atoms with E-state index in [2.05, 4.69) is 57.7 Å². The third-order valence-electron chi connectivity index (χ3n) is 5.44. The Labute approximate surface area is 135 Å². The molecular formula is C18H28BNO2. The van der Waals surface area contributed by atoms with Gasteiger partial charge in [-0.1, -0.05) is 12.1 Å². The topological polar surface area (TPSA) is 21.7 Å². The van der Waals surface area contributed by atoms with Crippen LogP contribution in [0.5, 0.6) is 0 Å². The lowest BCUT2D eigenvalue weighted by Crippen LogP contribution is -2.41. The van der Waals surface area contributed by atoms with E-state index >= 15 is 0 Å². The smallest absolute Gasteiger partial charge is 0.399 e. The number of piperidine rings is 1. The molecule has 3 rings (SSSR count). The first kappa shape index (κ1) is 15.9. The molecule has 0 unspecified atom stereocenters. The molecule has 0 spiro atoms. The average Bonchev–Trinajstić information content (AvgIpc) is 2.68. The SMILES string of the molecule is Cc1cc(B2OC(C)(C)C(C)(C)O2)ccc1N1CCCCC1. The van der Waals surface area contributed by atoms with Gasteiger partial charge in [0.15, 0.2) is 0 Å². The van der Waals surface area contributed by atoms with Crippen LogP contribution >= 0.6 is 0 Å². The van der Waals surface area contributed by atoms with Crippen LogP contribution in [-0.2, 0) is 9.31 Å². The van der Waals surface area contributed by atoms with E-state index in [0.29, 0.717) is 0 Å². The van der Waals surface area contributed by atoms with Crippen molar-refractivity contribution in [3.8, 4) is 0 Å². The molecule has 0 saturated carbocycles. The summed E-state index contributed by atoms with van der Waals surface area (Å²) in [6.45, 7) is 12.9. The Hall–Kier alpha value is -0.995. The first-order valence-corrected chi connectivity index (χ1v) is 8.51. The highest BCUT2D eigenvalue weighted by Gasteiger charge is 2.51. The molecule has 0 N–H and O–H groups in total. The minimum Gasteiger partial charge on any atom is -0.399 e. The zero-order chi connectivity index (χ0) is 16.0. The quantitative estimate of drug-likeness (QED) is 0.783. The molecule has 22 heavy (non-hydrogen) atoms. The molecule has 1 aromatic carbocycles. The number of anilines is 1. The molecule has 2 saturated heterocycles. The fourth-order valence-corrected chi connectivity index (χ4v) is 3.29. The van der Waals surface area contributed by atoms with E-state index in [0.717, 1.165) is 5.46 Å². The molecule has 0 aliphatic carbocycles. The van der Waals surface area contributed by atoms with Crippen molar-refractivity contribution in [2.45, 2.75) is 65.1 Å². The highest BCUT2D eigenvalue weighted by molar-refractivity contribution is 6.62. The zero-order valence-corrected chi connectivity index (χ0v) is 14.6. The lowest BCUT2D eigenvalue weighted by atomic mass is 9.78. The molecule has 0 bridgehead atoms. The van der Waals surface area contributed by atoms with E-state index in [1.807, 2.05) is 0 Å². The lowest BCUT2D eigenvalue weighted by Gasteiger charge is -2.32. The zero-order valence-electron chi connectivity index (χ0n) is 14.6. The summed E-state index contributed by atoms with van der Waals surface area (Å²) in [7, 11) is -0.265. The van der Waals surface area contributed by atoms with Crippen molar-refractivity contribution in [2.75, 3.05) is 18.0 Å². The summed E-state index contributed by atoms with van der Waals surface area (Å²) in [4.78, 5) is 2.51. The third-order valence-corrected chi connectivity index (χ3v) is 5.44. The van der Waals surface area contributed by atoms with Crippen molar-refractivity contribution >= 4 is 18.3 Å². The number of rotatable bonds is 2. The maximum absolute atomic E-state index is 6.15. The van der Waals surface area contributed by atoms with Crippen LogP contribution in [-0.4, -0.2) is 31.4 Å². The van der Waals surface area contributed by atoms with Crippen LogP contribution in [0.1, 0.15) is 52.5 Å². The fraction of sp³-hybridized carbons (Fsp3) is 0.667. The van der Waals surface area contributed by atoms with Gasteiger partial charge in [0, 0.05) is 18.8 Å². The lowest BCUT2D eigenvalue weighted by molar-refractivity contribution is 0.00578. The van der Waals surface area contributed by atoms with Gasteiger partial charge in [-0.15, -0.1) is 0 Å². The van der Waals surface area contributed by atoms with Gasteiger partial charge in [-0.3, -0.25) is 0 Å². The van der Waals surface area contributed by atoms with Crippen molar-refractivity contribution in [1.29, 1.82) is 0 Å². The first-order chi connectivity index (χ1) is 10.3. The molecule has 2 aliphatic heterocycles. The molecule has 120 valence electrons. The van der Waals surface area contributed by atoms with Crippen LogP contribution in [0.15, 0.2) is 18.2 Å². The van der Waals surface area contributed by atoms with Crippen molar-refractivity contribution in [2.24, 2.45) is 0 Å². The second-order valence-electron chi connectivity index (χ2n) is 7.68. The van der Waals surface area contributed by atoms with E-state index in [1.54, 1.807) is 0 Å². The number of aryl methyl sites for hydroxylation is 1. The highest BCUT2D eigenvalue weighted by atomic mass is 16.7. The Morgan fingerprint density at radius 2 is 1.55 bits per heavy atom. The van der Waals surface area contributed by atoms with Crippen LogP contribution in [0.4, 0.5) is 5.69 Å². The predicted octanol–water partition coefficient (Wildman–Crippen LogP) is 3.28. The Bertz CT molecular complexity index is 534. The fourth-order valence-electron chi connectivity index (χ4n) is 3.29. The monoisotopic (exact) mass is 301 g/mol. The predicted molar refractivity (Wildman–Crippen MR) is 93.0 cm³/mol. The summed E-state index contributed by atoms with van der Waals surface area (Å²) < 4.78 is 12.3. The van der Waals surface area contributed by atoms with E-state index in [-0.39, 0.29) is 18.3 Å². The highest BCUT2D eigenvalue weighted by Crippen LogP contribution is 2.36. The van der Waals surface area contributed by atoms with Crippen LogP contribution in [0.2, 0.25) is 0 Å². The van der Waals surface area contributed by atoms with E-state index in [4.69, 9.17) is 9.31 Å². The summed E-state index contributed by atoms with van der Waals surface area (Å²) in [6.07, 6.45) is 3.97. The largest absolute Gasteiger partial charge is 0.494 e. The summed E-state index contributed by atoms with van der Waals surface area (Å²) in [6, 6.07) is 6.63. The molecule has 2 fully saturated rings. The number of hydrogen-bond acceptors (Lipinski definition) is 3. The molecule has 0 amide bonds. The summed E-state index contributed by atoms with van der Waals surface area (Å²) in [5, 5.41) is 0. The average molecular weight is 301 g/mol. The second-order valence-corrected chi connectivity index (χ2v) is 7.68. The number of nitrogens with zero attached hydrogens (tertiary/aromatic N) is 1. The molecule has 0 aromatic heterocycles. The second kappa shape index (κ2) is 5.57. The van der Waals surface area contributed by atoms with Crippen molar-refractivity contribution in [1.82, 2.24) is 0 Å². The summed E-state index contributed by atoms with van der Waals surface area (Å²) >= 11 is 0. The normalized spacial score (nSPS) is 23.9. The maximum atomic E-state index is 6.15. The van der Waals surface area contributed by atoms with Crippen LogP contribution < -0.4 is 10.4 Å². The molecule has 3 nitrogen and oxygen atoms in total. The van der Waals surface area contributed by atoms with Crippen molar-refractivity contribution in [3.63, 3.8) is 0 Å². The van der Waals surface area contributed by atoms with Gasteiger partial charge in [0.1, 0.15) is 0 Å². The Morgan fingerprint density at radius 1 is 0.955 bits per heavy atom. The van der Waals surface area contributed by atoms with Gasteiger partial charge < -0.3 is 14.2 Å². The van der Waals surface area contributed by atoms with Crippen LogP contribution in [0.3, 0.4) is 0 Å². The Morgan fingerprint density at radius 3 is 2.09 bits per heavy atom. The van der Waals surface area contributed by atoms with E-state index in [9.17, 15) is 0 Å². The van der Waals surface area contributed by atoms with Gasteiger partial charge in [-0.2, -0.15) is 0 Å². The standard InChI is InChI=1S/C18H28BNO2/c1-14-13-15(19-21-17(2,3)18(4,5)22-19)9-10-16(14)20-11-7-6-8-12-20/h9-10,13H,6-8,11-12H2,1-5H3. The van der Waals surface area contributed by atoms with Gasteiger partial charge >= 0.3 is 7.12 Å². The van der Waals surface area contributed by atoms with Crippen LogP contribution in [0, 0.1) is 6.92 Å². The molecule has 2 aliphatic rings. The van der Waals surface area contributed by atoms with Gasteiger partial charge in [0.05, 0.1) is 11.2 Å². The minimum absolute atomic E-state index is 0.265. The molecular weight excluding hydrogens is 273 g/mol. The van der Waals surface area contributed by atoms with E-state index in [1.165, 1.54) is 43.6 Å². The van der Waals surface area contributed by atoms with Crippen LogP contribution in [0.25, 0.3) is 0 Å². The number of benzene rings is 1. The molecule has 1 aromatic rings. The third kappa shape index (κ3) is 2.79. The Kier molecular flexibility index (Phi) is 4.02. The molecule has 4 heteroatoms. The Balaban J connectivity index is 1.81. The maximum Gasteiger partial charge on any atom is 0.494 e. The van der Waals surface area contributed by atoms with Gasteiger partial charge in [-0.05, 0) is 71.0 Å². The molecule has 0 radical (unpaired) electrons. The van der Waals surface area contributed by atoms with Gasteiger partial charge in [0.25, 0.3) is 0 Å². The van der Waals surface area contributed by atoms with Crippen molar-refractivity contribution in [3.05, 3.63) is 23.8 Å². The van der Waals surface area contributed by atoms with E-state index < -0.39 is 0 Å².